The van der Waals surface area contributed by atoms with Crippen molar-refractivity contribution >= 4 is 5.88 Å². The summed E-state index contributed by atoms with van der Waals surface area (Å²) in [5.41, 5.74) is 0.193. The molecule has 0 saturated carbocycles. The molecule has 0 atom stereocenters. The maximum absolute atomic E-state index is 13.2. The van der Waals surface area contributed by atoms with Crippen LogP contribution in [0.5, 0.6) is 5.75 Å². The average molecular weight is 388 g/mol. The quantitative estimate of drug-likeness (QED) is 0.623. The number of nitrogens with zero attached hydrogens (tertiary/aromatic N) is 2. The van der Waals surface area contributed by atoms with Crippen LogP contribution in [0, 0.1) is 0 Å². The van der Waals surface area contributed by atoms with Gasteiger partial charge in [0.2, 0.25) is 5.88 Å². The largest absolute Gasteiger partial charge is 0.504 e. The molecule has 0 amide bonds. The molecule has 1 saturated heterocycles. The van der Waals surface area contributed by atoms with Crippen LogP contribution in [0.4, 0.5) is 19.1 Å². The predicted octanol–water partition coefficient (Wildman–Crippen LogP) is 5.72. The van der Waals surface area contributed by atoms with E-state index in [4.69, 9.17) is 4.42 Å². The maximum atomic E-state index is 13.2. The monoisotopic (exact) mass is 388 g/mol. The minimum Gasteiger partial charge on any atom is -0.504 e. The smallest absolute Gasteiger partial charge is 0.416 e. The van der Waals surface area contributed by atoms with Crippen LogP contribution >= 0.6 is 0 Å². The molecule has 1 N–H and O–H groups in total. The Hall–Kier alpha value is -2.96. The first-order chi connectivity index (χ1) is 13.4. The summed E-state index contributed by atoms with van der Waals surface area (Å²) in [6, 6.07) is 10.1. The van der Waals surface area contributed by atoms with Gasteiger partial charge in [0.25, 0.3) is 0 Å². The lowest BCUT2D eigenvalue weighted by Crippen LogP contribution is -2.29. The fraction of sp³-hybridized carbons (Fsp3) is 0.286. The molecule has 0 radical (unpaired) electrons. The molecule has 3 aromatic rings. The summed E-state index contributed by atoms with van der Waals surface area (Å²) in [6.07, 6.45) is 0.117. The van der Waals surface area contributed by atoms with Crippen LogP contribution in [-0.4, -0.2) is 23.2 Å². The third kappa shape index (κ3) is 3.44. The molecule has 1 fully saturated rings. The number of aromatic nitrogens is 1. The molecule has 0 aliphatic carbocycles. The maximum Gasteiger partial charge on any atom is 0.416 e. The number of alkyl halides is 3. The lowest BCUT2D eigenvalue weighted by Gasteiger charge is -2.27. The minimum absolute atomic E-state index is 0.161. The summed E-state index contributed by atoms with van der Waals surface area (Å²) in [7, 11) is 0. The second-order valence-electron chi connectivity index (χ2n) is 6.80. The molecular formula is C21H19F3N2O2. The zero-order chi connectivity index (χ0) is 19.7. The number of pyridine rings is 1. The van der Waals surface area contributed by atoms with Crippen molar-refractivity contribution in [2.75, 3.05) is 18.0 Å². The van der Waals surface area contributed by atoms with E-state index >= 15 is 0 Å². The van der Waals surface area contributed by atoms with Crippen molar-refractivity contribution in [3.8, 4) is 28.3 Å². The topological polar surface area (TPSA) is 49.5 Å². The van der Waals surface area contributed by atoms with Crippen molar-refractivity contribution in [3.05, 3.63) is 54.2 Å². The molecule has 2 aromatic heterocycles. The summed E-state index contributed by atoms with van der Waals surface area (Å²) in [6.45, 7) is 1.45. The van der Waals surface area contributed by atoms with E-state index in [0.29, 0.717) is 11.6 Å². The van der Waals surface area contributed by atoms with Crippen LogP contribution in [0.1, 0.15) is 24.8 Å². The number of rotatable bonds is 3. The van der Waals surface area contributed by atoms with E-state index in [-0.39, 0.29) is 22.6 Å². The first-order valence-electron chi connectivity index (χ1n) is 9.15. The SMILES string of the molecule is Oc1c(-c2ccccn2)oc(N2CCCCC2)c1-c1cccc(C(F)(F)F)c1. The average Bonchev–Trinajstić information content (AvgIpc) is 3.06. The Balaban J connectivity index is 1.89. The van der Waals surface area contributed by atoms with Gasteiger partial charge in [0, 0.05) is 19.3 Å². The van der Waals surface area contributed by atoms with Crippen LogP contribution in [0.2, 0.25) is 0 Å². The highest BCUT2D eigenvalue weighted by Crippen LogP contribution is 2.48. The number of furan rings is 1. The second kappa shape index (κ2) is 7.22. The Kier molecular flexibility index (Phi) is 4.75. The van der Waals surface area contributed by atoms with Crippen LogP contribution in [0.15, 0.2) is 53.1 Å². The molecule has 146 valence electrons. The zero-order valence-electron chi connectivity index (χ0n) is 15.0. The van der Waals surface area contributed by atoms with Gasteiger partial charge in [-0.25, -0.2) is 0 Å². The van der Waals surface area contributed by atoms with Gasteiger partial charge >= 0.3 is 6.18 Å². The zero-order valence-corrected chi connectivity index (χ0v) is 15.0. The molecule has 0 spiro atoms. The number of benzene rings is 1. The van der Waals surface area contributed by atoms with E-state index < -0.39 is 11.7 Å². The molecule has 7 heteroatoms. The van der Waals surface area contributed by atoms with E-state index in [9.17, 15) is 18.3 Å². The molecular weight excluding hydrogens is 369 g/mol. The molecule has 3 heterocycles. The highest BCUT2D eigenvalue weighted by Gasteiger charge is 2.32. The summed E-state index contributed by atoms with van der Waals surface area (Å²) in [5, 5.41) is 10.9. The van der Waals surface area contributed by atoms with E-state index in [1.807, 2.05) is 4.90 Å². The molecule has 0 bridgehead atoms. The highest BCUT2D eigenvalue weighted by molar-refractivity contribution is 5.87. The summed E-state index contributed by atoms with van der Waals surface area (Å²) >= 11 is 0. The number of hydrogen-bond donors (Lipinski definition) is 1. The molecule has 1 aliphatic rings. The fourth-order valence-corrected chi connectivity index (χ4v) is 3.51. The van der Waals surface area contributed by atoms with E-state index in [2.05, 4.69) is 4.98 Å². The number of hydrogen-bond acceptors (Lipinski definition) is 4. The van der Waals surface area contributed by atoms with Crippen molar-refractivity contribution in [1.29, 1.82) is 0 Å². The van der Waals surface area contributed by atoms with Gasteiger partial charge in [-0.3, -0.25) is 4.98 Å². The number of halogens is 3. The van der Waals surface area contributed by atoms with Crippen molar-refractivity contribution in [2.24, 2.45) is 0 Å². The molecule has 1 aromatic carbocycles. The van der Waals surface area contributed by atoms with Crippen LogP contribution in [0.3, 0.4) is 0 Å². The predicted molar refractivity (Wildman–Crippen MR) is 100 cm³/mol. The molecule has 4 nitrogen and oxygen atoms in total. The Bertz CT molecular complexity index is 962. The highest BCUT2D eigenvalue weighted by atomic mass is 19.4. The van der Waals surface area contributed by atoms with Crippen LogP contribution in [-0.2, 0) is 6.18 Å². The first kappa shape index (κ1) is 18.4. The van der Waals surface area contributed by atoms with E-state index in [0.717, 1.165) is 44.5 Å². The van der Waals surface area contributed by atoms with Crippen LogP contribution < -0.4 is 4.90 Å². The van der Waals surface area contributed by atoms with Gasteiger partial charge in [-0.05, 0) is 49.1 Å². The van der Waals surface area contributed by atoms with Gasteiger partial charge in [0.1, 0.15) is 5.69 Å². The molecule has 0 unspecified atom stereocenters. The molecule has 1 aliphatic heterocycles. The minimum atomic E-state index is -4.47. The van der Waals surface area contributed by atoms with Gasteiger partial charge < -0.3 is 14.4 Å². The van der Waals surface area contributed by atoms with Crippen molar-refractivity contribution < 1.29 is 22.7 Å². The summed E-state index contributed by atoms with van der Waals surface area (Å²) in [4.78, 5) is 6.19. The van der Waals surface area contributed by atoms with Crippen molar-refractivity contribution in [1.82, 2.24) is 4.98 Å². The van der Waals surface area contributed by atoms with Gasteiger partial charge in [-0.1, -0.05) is 18.2 Å². The Morgan fingerprint density at radius 1 is 1.00 bits per heavy atom. The van der Waals surface area contributed by atoms with Gasteiger partial charge in [0.05, 0.1) is 11.1 Å². The number of anilines is 1. The van der Waals surface area contributed by atoms with Gasteiger partial charge in [-0.2, -0.15) is 13.2 Å². The van der Waals surface area contributed by atoms with E-state index in [1.54, 1.807) is 30.5 Å². The number of aromatic hydroxyl groups is 1. The van der Waals surface area contributed by atoms with Gasteiger partial charge in [0.15, 0.2) is 11.5 Å². The first-order valence-corrected chi connectivity index (χ1v) is 9.15. The lowest BCUT2D eigenvalue weighted by atomic mass is 10.0. The normalized spacial score (nSPS) is 15.0. The lowest BCUT2D eigenvalue weighted by molar-refractivity contribution is -0.137. The standard InChI is InChI=1S/C21H19F3N2O2/c22-21(23,24)15-8-6-7-14(13-15)17-18(27)19(16-9-2-3-10-25-16)28-20(17)26-11-4-1-5-12-26/h2-3,6-10,13,27H,1,4-5,11-12H2. The van der Waals surface area contributed by atoms with Crippen LogP contribution in [0.25, 0.3) is 22.6 Å². The van der Waals surface area contributed by atoms with E-state index in [1.165, 1.54) is 6.07 Å². The van der Waals surface area contributed by atoms with Gasteiger partial charge in [-0.15, -0.1) is 0 Å². The molecule has 28 heavy (non-hydrogen) atoms. The van der Waals surface area contributed by atoms with Crippen molar-refractivity contribution in [2.45, 2.75) is 25.4 Å². The Morgan fingerprint density at radius 2 is 1.79 bits per heavy atom. The third-order valence-electron chi connectivity index (χ3n) is 4.88. The third-order valence-corrected chi connectivity index (χ3v) is 4.88. The Morgan fingerprint density at radius 3 is 2.46 bits per heavy atom. The Labute approximate surface area is 160 Å². The second-order valence-corrected chi connectivity index (χ2v) is 6.80. The fourth-order valence-electron chi connectivity index (χ4n) is 3.51. The summed E-state index contributed by atoms with van der Waals surface area (Å²) < 4.78 is 45.6. The summed E-state index contributed by atoms with van der Waals surface area (Å²) in [5.74, 6) is 0.351. The van der Waals surface area contributed by atoms with Crippen molar-refractivity contribution in [3.63, 3.8) is 0 Å². The molecule has 4 rings (SSSR count). The number of piperidine rings is 1.